The third-order valence-corrected chi connectivity index (χ3v) is 20.6. The molecule has 18 heteroatoms. The highest BCUT2D eigenvalue weighted by Crippen LogP contribution is 2.45. The van der Waals surface area contributed by atoms with Crippen molar-refractivity contribution < 1.29 is 75.8 Å². The minimum atomic E-state index is -4.95. The van der Waals surface area contributed by atoms with Gasteiger partial charge in [0.1, 0.15) is 25.4 Å². The van der Waals surface area contributed by atoms with Crippen LogP contribution in [0.15, 0.2) is 158 Å². The summed E-state index contributed by atoms with van der Waals surface area (Å²) >= 11 is 0. The predicted molar refractivity (Wildman–Crippen MR) is 472 cm³/mol. The maximum Gasteiger partial charge on any atom is 0.472 e. The highest BCUT2D eigenvalue weighted by Gasteiger charge is 2.29. The van der Waals surface area contributed by atoms with Crippen molar-refractivity contribution in [2.45, 2.75) is 386 Å². The largest absolute Gasteiger partial charge is 0.472 e. The van der Waals surface area contributed by atoms with Gasteiger partial charge in [0.15, 0.2) is 6.10 Å². The molecule has 0 aromatic heterocycles. The number of aliphatic hydroxyl groups excluding tert-OH is 2. The van der Waals surface area contributed by atoms with E-state index in [9.17, 15) is 43.5 Å². The fraction of sp³-hybridized carbons (Fsp3) is 0.695. The number of unbranched alkanes of at least 4 members (excludes halogenated alkanes) is 35. The molecule has 0 saturated heterocycles. The summed E-state index contributed by atoms with van der Waals surface area (Å²) in [5.41, 5.74) is 0. The van der Waals surface area contributed by atoms with E-state index < -0.39 is 91.5 Å². The summed E-state index contributed by atoms with van der Waals surface area (Å²) < 4.78 is 61.3. The Morgan fingerprint density at radius 3 is 0.743 bits per heavy atom. The van der Waals surface area contributed by atoms with Gasteiger partial charge in [-0.05, 0) is 154 Å². The van der Waals surface area contributed by atoms with Crippen LogP contribution in [0.3, 0.4) is 0 Å². The quantitative estimate of drug-likeness (QED) is 0.0146. The molecule has 4 N–H and O–H groups in total. The van der Waals surface area contributed by atoms with E-state index in [4.69, 9.17) is 32.3 Å². The van der Waals surface area contributed by atoms with E-state index in [0.29, 0.717) is 19.3 Å². The maximum absolute atomic E-state index is 13.0. The summed E-state index contributed by atoms with van der Waals surface area (Å²) in [5.74, 6) is -1.61. The van der Waals surface area contributed by atoms with E-state index in [1.54, 1.807) is 0 Å². The van der Waals surface area contributed by atoms with E-state index in [0.717, 1.165) is 161 Å². The number of esters is 3. The molecule has 5 unspecified atom stereocenters. The first-order chi connectivity index (χ1) is 55.2. The molecule has 0 aliphatic heterocycles. The Hall–Kier alpha value is -4.83. The summed E-state index contributed by atoms with van der Waals surface area (Å²) in [6.07, 6.45) is 110. The smallest absolute Gasteiger partial charge is 0.463 e. The molecule has 0 aliphatic carbocycles. The van der Waals surface area contributed by atoms with Gasteiger partial charge in [-0.2, -0.15) is 0 Å². The first-order valence-corrected chi connectivity index (χ1v) is 47.8. The molecule has 0 aromatic carbocycles. The van der Waals surface area contributed by atoms with Crippen LogP contribution in [0.2, 0.25) is 0 Å². The van der Waals surface area contributed by atoms with Crippen LogP contribution in [-0.2, 0) is 55.8 Å². The van der Waals surface area contributed by atoms with Gasteiger partial charge in [0.2, 0.25) is 0 Å². The van der Waals surface area contributed by atoms with Gasteiger partial charge in [0.05, 0.1) is 26.4 Å². The standard InChI is InChI=1S/C95H162O16P2/c1-4-7-10-13-16-19-22-25-28-31-34-36-38-39-40-41-42-43-44-45-46-47-48-49-51-53-55-57-60-63-66-69-72-75-78-81-93(98)105-84-90(96)85-107-112(101,102)108-86-91(97)87-109-113(103,104)110-89-92(111-95(100)83-80-77-74-71-68-65-62-59-54-33-30-27-24-21-18-15-12-9-6-3)88-106-94(99)82-79-76-73-70-67-64-61-58-56-52-50-37-35-32-29-26-23-20-17-14-11-8-5-2/h8,11,16-21,25-30,34-37,39-40,52,54,56,59,61,64,90-92,96-97H,4-7,9-10,12-15,22-24,31-33,38,41-51,53,55,57-58,60,62-63,65-89H2,1-3H3,(H,101,102)(H,103,104)/b11-8-,19-16-,20-17-,21-18-,28-25-,29-26-,30-27-,36-34-,37-35-,40-39-,56-52-,59-54-,64-61-. The van der Waals surface area contributed by atoms with Gasteiger partial charge in [0, 0.05) is 19.3 Å². The third-order valence-electron chi connectivity index (χ3n) is 18.7. The summed E-state index contributed by atoms with van der Waals surface area (Å²) in [6, 6.07) is 0. The first kappa shape index (κ1) is 108. The zero-order valence-electron chi connectivity index (χ0n) is 71.3. The van der Waals surface area contributed by atoms with Gasteiger partial charge < -0.3 is 34.2 Å². The summed E-state index contributed by atoms with van der Waals surface area (Å²) in [4.78, 5) is 58.9. The fourth-order valence-electron chi connectivity index (χ4n) is 11.9. The zero-order valence-corrected chi connectivity index (χ0v) is 73.0. The predicted octanol–water partition coefficient (Wildman–Crippen LogP) is 27.3. The van der Waals surface area contributed by atoms with Crippen molar-refractivity contribution in [3.63, 3.8) is 0 Å². The van der Waals surface area contributed by atoms with Crippen LogP contribution >= 0.6 is 15.6 Å². The molecular weight excluding hydrogens is 1460 g/mol. The molecule has 0 aromatic rings. The van der Waals surface area contributed by atoms with Gasteiger partial charge in [-0.1, -0.05) is 352 Å². The Bertz CT molecular complexity index is 2680. The molecule has 0 bridgehead atoms. The number of allylic oxidation sites excluding steroid dienone is 26. The Balaban J connectivity index is 4.52. The van der Waals surface area contributed by atoms with E-state index in [1.165, 1.54) is 148 Å². The molecule has 648 valence electrons. The number of hydrogen-bond acceptors (Lipinski definition) is 14. The third kappa shape index (κ3) is 87.8. The highest BCUT2D eigenvalue weighted by atomic mass is 31.2. The number of rotatable bonds is 84. The number of ether oxygens (including phenoxy) is 3. The summed E-state index contributed by atoms with van der Waals surface area (Å²) in [6.45, 7) is 2.50. The molecule has 0 fully saturated rings. The molecule has 16 nitrogen and oxygen atoms in total. The van der Waals surface area contributed by atoms with Gasteiger partial charge in [-0.3, -0.25) is 32.5 Å². The summed E-state index contributed by atoms with van der Waals surface area (Å²) in [5, 5.41) is 20.7. The number of aliphatic hydroxyl groups is 2. The Labute approximate surface area is 689 Å². The minimum Gasteiger partial charge on any atom is -0.463 e. The SMILES string of the molecule is CC/C=C\C/C=C\C/C=C\C/C=C\C/C=C\C/C=C\CCCCCCC(=O)OCC(COP(=O)(O)OCC(O)COP(=O)(O)OCC(O)COC(=O)CCCCCCCCCCCCCCCCCCCCC/C=C\C/C=C\C/C=C\C/C=C\CCCCC)OC(=O)CCCCCCCC/C=C\C/C=C\C/C=C\CCCCC. The maximum atomic E-state index is 13.0. The normalized spacial score (nSPS) is 14.6. The van der Waals surface area contributed by atoms with Gasteiger partial charge in [-0.15, -0.1) is 0 Å². The van der Waals surface area contributed by atoms with Crippen LogP contribution in [0.5, 0.6) is 0 Å². The van der Waals surface area contributed by atoms with E-state index >= 15 is 0 Å². The van der Waals surface area contributed by atoms with Crippen LogP contribution in [0, 0.1) is 0 Å². The second-order valence-corrected chi connectivity index (χ2v) is 32.6. The molecule has 0 aliphatic rings. The van der Waals surface area contributed by atoms with E-state index in [-0.39, 0.29) is 19.3 Å². The van der Waals surface area contributed by atoms with E-state index in [1.807, 2.05) is 0 Å². The van der Waals surface area contributed by atoms with Crippen molar-refractivity contribution >= 4 is 33.6 Å². The lowest BCUT2D eigenvalue weighted by Crippen LogP contribution is -2.30. The Morgan fingerprint density at radius 2 is 0.469 bits per heavy atom. The highest BCUT2D eigenvalue weighted by molar-refractivity contribution is 7.47. The lowest BCUT2D eigenvalue weighted by atomic mass is 10.0. The van der Waals surface area contributed by atoms with Crippen molar-refractivity contribution in [1.82, 2.24) is 0 Å². The number of phosphoric acid groups is 2. The monoisotopic (exact) mass is 1620 g/mol. The van der Waals surface area contributed by atoms with Gasteiger partial charge >= 0.3 is 33.6 Å². The first-order valence-electron chi connectivity index (χ1n) is 44.8. The average molecular weight is 1620 g/mol. The van der Waals surface area contributed by atoms with Crippen LogP contribution in [-0.4, -0.2) is 95.9 Å². The Kier molecular flexibility index (Phi) is 82.8. The summed E-state index contributed by atoms with van der Waals surface area (Å²) in [7, 11) is -9.82. The molecule has 5 atom stereocenters. The van der Waals surface area contributed by atoms with Crippen molar-refractivity contribution in [3.8, 4) is 0 Å². The van der Waals surface area contributed by atoms with Crippen LogP contribution < -0.4 is 0 Å². The van der Waals surface area contributed by atoms with Crippen molar-refractivity contribution in [1.29, 1.82) is 0 Å². The number of hydrogen-bond donors (Lipinski definition) is 4. The fourth-order valence-corrected chi connectivity index (χ4v) is 13.5. The lowest BCUT2D eigenvalue weighted by molar-refractivity contribution is -0.161. The molecule has 0 saturated carbocycles. The van der Waals surface area contributed by atoms with Gasteiger partial charge in [-0.25, -0.2) is 9.13 Å². The molecule has 0 amide bonds. The molecule has 113 heavy (non-hydrogen) atoms. The van der Waals surface area contributed by atoms with E-state index in [2.05, 4.69) is 179 Å². The minimum absolute atomic E-state index is 0.0795. The second-order valence-electron chi connectivity index (χ2n) is 29.7. The second kappa shape index (κ2) is 86.5. The molecule has 0 heterocycles. The molecule has 0 radical (unpaired) electrons. The molecular formula is C95H162O16P2. The molecule has 0 spiro atoms. The van der Waals surface area contributed by atoms with Crippen LogP contribution in [0.4, 0.5) is 0 Å². The zero-order chi connectivity index (χ0) is 82.2. The number of phosphoric ester groups is 2. The molecule has 0 rings (SSSR count). The van der Waals surface area contributed by atoms with Crippen molar-refractivity contribution in [3.05, 3.63) is 158 Å². The van der Waals surface area contributed by atoms with Crippen molar-refractivity contribution in [2.75, 3.05) is 39.6 Å². The van der Waals surface area contributed by atoms with Gasteiger partial charge in [0.25, 0.3) is 0 Å². The van der Waals surface area contributed by atoms with Crippen LogP contribution in [0.25, 0.3) is 0 Å². The topological polar surface area (TPSA) is 231 Å². The average Bonchev–Trinajstić information content (AvgIpc) is 0.902. The number of carbonyl (C=O) groups excluding carboxylic acids is 3. The number of carbonyl (C=O) groups is 3. The van der Waals surface area contributed by atoms with Crippen molar-refractivity contribution in [2.24, 2.45) is 0 Å². The lowest BCUT2D eigenvalue weighted by Gasteiger charge is -2.21. The Morgan fingerprint density at radius 1 is 0.257 bits per heavy atom. The van der Waals surface area contributed by atoms with Crippen LogP contribution in [0.1, 0.15) is 367 Å².